The Bertz CT molecular complexity index is 347. The number of nitrogens with one attached hydrogen (secondary N) is 1. The summed E-state index contributed by atoms with van der Waals surface area (Å²) in [4.78, 5) is 18.7. The van der Waals surface area contributed by atoms with Gasteiger partial charge in [-0.1, -0.05) is 0 Å². The van der Waals surface area contributed by atoms with Crippen molar-refractivity contribution in [2.75, 3.05) is 0 Å². The molecule has 0 spiro atoms. The average molecular weight is 284 g/mol. The van der Waals surface area contributed by atoms with Crippen LogP contribution in [0.2, 0.25) is 0 Å². The van der Waals surface area contributed by atoms with E-state index in [1.807, 2.05) is 0 Å². The van der Waals surface area contributed by atoms with Crippen LogP contribution in [-0.4, -0.2) is 47.5 Å². The maximum atomic E-state index is 9.48. The molecule has 0 aliphatic rings. The van der Waals surface area contributed by atoms with E-state index in [-0.39, 0.29) is 6.41 Å². The highest BCUT2D eigenvalue weighted by Crippen LogP contribution is 1.59. The number of carbonyl (C=O) groups is 2. The highest BCUT2D eigenvalue weighted by atomic mass is 32.3. The number of amides is 3. The minimum Gasteiger partial charge on any atom is -0.351 e. The molecule has 12 nitrogen and oxygen atoms in total. The SMILES string of the molecule is NC(=O)NC=O.O=S(=O)(O)O.O=S(=O)(O)O. The second-order valence-electron chi connectivity index (χ2n) is 1.52. The Kier molecular flexibility index (Phi) is 11.3. The van der Waals surface area contributed by atoms with Crippen LogP contribution in [0.15, 0.2) is 0 Å². The molecule has 0 aliphatic carbocycles. The Morgan fingerprint density at radius 2 is 1.19 bits per heavy atom. The summed E-state index contributed by atoms with van der Waals surface area (Å²) in [6.45, 7) is 0. The molecule has 7 N–H and O–H groups in total. The van der Waals surface area contributed by atoms with Crippen LogP contribution in [0.5, 0.6) is 0 Å². The molecular weight excluding hydrogens is 276 g/mol. The Labute approximate surface area is 89.6 Å². The predicted octanol–water partition coefficient (Wildman–Crippen LogP) is -2.49. The van der Waals surface area contributed by atoms with Gasteiger partial charge in [0.25, 0.3) is 0 Å². The first kappa shape index (κ1) is 20.1. The number of nitrogens with two attached hydrogens (primary N) is 1. The zero-order chi connectivity index (χ0) is 14.0. The van der Waals surface area contributed by atoms with E-state index >= 15 is 0 Å². The molecule has 0 rings (SSSR count). The van der Waals surface area contributed by atoms with E-state index in [9.17, 15) is 9.59 Å². The van der Waals surface area contributed by atoms with Crippen molar-refractivity contribution in [1.82, 2.24) is 5.32 Å². The smallest absolute Gasteiger partial charge is 0.351 e. The molecule has 98 valence electrons. The molecular formula is C2H8N2O10S2. The summed E-state index contributed by atoms with van der Waals surface area (Å²) in [6.07, 6.45) is 0.225. The van der Waals surface area contributed by atoms with Crippen LogP contribution >= 0.6 is 0 Å². The minimum atomic E-state index is -4.67. The predicted molar refractivity (Wildman–Crippen MR) is 47.1 cm³/mol. The molecule has 14 heteroatoms. The Balaban J connectivity index is -0.000000160. The van der Waals surface area contributed by atoms with E-state index in [0.29, 0.717) is 0 Å². The molecule has 16 heavy (non-hydrogen) atoms. The van der Waals surface area contributed by atoms with Gasteiger partial charge in [-0.05, 0) is 0 Å². The first-order valence-corrected chi connectivity index (χ1v) is 5.46. The van der Waals surface area contributed by atoms with Gasteiger partial charge in [-0.3, -0.25) is 28.3 Å². The standard InChI is InChI=1S/C2H4N2O2.2H2O4S/c3-2(6)4-1-5;2*1-5(2,3)4/h1H,(H3,3,4,5,6);2*(H2,1,2,3,4). The van der Waals surface area contributed by atoms with Crippen LogP contribution in [-0.2, 0) is 25.6 Å². The van der Waals surface area contributed by atoms with E-state index < -0.39 is 26.8 Å². The van der Waals surface area contributed by atoms with Crippen LogP contribution in [0.4, 0.5) is 4.79 Å². The summed E-state index contributed by atoms with van der Waals surface area (Å²) in [6, 6.07) is -0.829. The van der Waals surface area contributed by atoms with Crippen LogP contribution in [0.1, 0.15) is 0 Å². The van der Waals surface area contributed by atoms with Crippen molar-refractivity contribution in [2.24, 2.45) is 5.73 Å². The zero-order valence-corrected chi connectivity index (χ0v) is 8.84. The monoisotopic (exact) mass is 284 g/mol. The van der Waals surface area contributed by atoms with E-state index in [1.165, 1.54) is 0 Å². The highest BCUT2D eigenvalue weighted by Gasteiger charge is 1.85. The number of hydrogen-bond acceptors (Lipinski definition) is 6. The number of hydrogen-bond donors (Lipinski definition) is 6. The van der Waals surface area contributed by atoms with E-state index in [0.717, 1.165) is 0 Å². The van der Waals surface area contributed by atoms with Crippen molar-refractivity contribution in [3.05, 3.63) is 0 Å². The fraction of sp³-hybridized carbons (Fsp3) is 0. The lowest BCUT2D eigenvalue weighted by atomic mass is 11.0. The largest absolute Gasteiger partial charge is 0.394 e. The maximum Gasteiger partial charge on any atom is 0.394 e. The Morgan fingerprint density at radius 3 is 1.19 bits per heavy atom. The number of primary amides is 1. The summed E-state index contributed by atoms with van der Waals surface area (Å²) in [5.41, 5.74) is 4.42. The number of rotatable bonds is 1. The van der Waals surface area contributed by atoms with Crippen LogP contribution in [0.3, 0.4) is 0 Å². The molecule has 0 bridgehead atoms. The first-order valence-electron chi connectivity index (χ1n) is 2.66. The molecule has 0 aromatic carbocycles. The first-order chi connectivity index (χ1) is 6.77. The molecule has 0 aliphatic heterocycles. The number of carbonyl (C=O) groups excluding carboxylic acids is 2. The van der Waals surface area contributed by atoms with E-state index in [1.54, 1.807) is 5.32 Å². The summed E-state index contributed by atoms with van der Waals surface area (Å²) < 4.78 is 63.2. The van der Waals surface area contributed by atoms with Crippen molar-refractivity contribution in [3.8, 4) is 0 Å². The molecule has 0 aromatic heterocycles. The molecule has 0 radical (unpaired) electrons. The summed E-state index contributed by atoms with van der Waals surface area (Å²) in [5.74, 6) is 0. The van der Waals surface area contributed by atoms with Gasteiger partial charge in [0.15, 0.2) is 0 Å². The van der Waals surface area contributed by atoms with Crippen molar-refractivity contribution in [1.29, 1.82) is 0 Å². The summed E-state index contributed by atoms with van der Waals surface area (Å²) in [7, 11) is -9.33. The van der Waals surface area contributed by atoms with Crippen molar-refractivity contribution >= 4 is 33.2 Å². The molecule has 0 saturated carbocycles. The van der Waals surface area contributed by atoms with Gasteiger partial charge in [0, 0.05) is 0 Å². The van der Waals surface area contributed by atoms with Gasteiger partial charge in [-0.25, -0.2) is 4.79 Å². The van der Waals surface area contributed by atoms with Gasteiger partial charge in [-0.2, -0.15) is 16.8 Å². The van der Waals surface area contributed by atoms with Gasteiger partial charge >= 0.3 is 26.8 Å². The second kappa shape index (κ2) is 8.95. The average Bonchev–Trinajstić information content (AvgIpc) is 1.76. The lowest BCUT2D eigenvalue weighted by molar-refractivity contribution is -0.108. The third kappa shape index (κ3) is 613. The maximum absolute atomic E-state index is 9.48. The number of imide groups is 1. The van der Waals surface area contributed by atoms with Gasteiger partial charge in [0.2, 0.25) is 6.41 Å². The van der Waals surface area contributed by atoms with Crippen molar-refractivity contribution in [3.63, 3.8) is 0 Å². The molecule has 3 amide bonds. The fourth-order valence-corrected chi connectivity index (χ4v) is 0.0581. The summed E-state index contributed by atoms with van der Waals surface area (Å²) in [5, 5.41) is 1.67. The topological polar surface area (TPSA) is 221 Å². The Morgan fingerprint density at radius 1 is 1.00 bits per heavy atom. The molecule has 0 unspecified atom stereocenters. The third-order valence-corrected chi connectivity index (χ3v) is 0.201. The van der Waals surface area contributed by atoms with Gasteiger partial charge in [0.1, 0.15) is 0 Å². The van der Waals surface area contributed by atoms with E-state index in [4.69, 9.17) is 35.0 Å². The number of urea groups is 1. The molecule has 0 atom stereocenters. The quantitative estimate of drug-likeness (QED) is 0.219. The van der Waals surface area contributed by atoms with Gasteiger partial charge in [-0.15, -0.1) is 0 Å². The van der Waals surface area contributed by atoms with E-state index in [2.05, 4.69) is 5.73 Å². The van der Waals surface area contributed by atoms with Crippen molar-refractivity contribution < 1.29 is 44.6 Å². The molecule has 0 aromatic rings. The normalized spacial score (nSPS) is 9.75. The van der Waals surface area contributed by atoms with Gasteiger partial charge < -0.3 is 5.73 Å². The van der Waals surface area contributed by atoms with Gasteiger partial charge in [0.05, 0.1) is 0 Å². The second-order valence-corrected chi connectivity index (χ2v) is 3.31. The third-order valence-electron chi connectivity index (χ3n) is 0.201. The Hall–Kier alpha value is -1.32. The molecule has 0 heterocycles. The molecule has 0 saturated heterocycles. The fourth-order valence-electron chi connectivity index (χ4n) is 0.0581. The zero-order valence-electron chi connectivity index (χ0n) is 7.21. The molecule has 0 fully saturated rings. The van der Waals surface area contributed by atoms with Crippen LogP contribution in [0.25, 0.3) is 0 Å². The van der Waals surface area contributed by atoms with Crippen LogP contribution in [0, 0.1) is 0 Å². The summed E-state index contributed by atoms with van der Waals surface area (Å²) >= 11 is 0. The van der Waals surface area contributed by atoms with Crippen LogP contribution < -0.4 is 11.1 Å². The lowest BCUT2D eigenvalue weighted by Gasteiger charge is -1.79. The minimum absolute atomic E-state index is 0.225. The lowest BCUT2D eigenvalue weighted by Crippen LogP contribution is -2.27. The van der Waals surface area contributed by atoms with Crippen molar-refractivity contribution in [2.45, 2.75) is 0 Å². The highest BCUT2D eigenvalue weighted by molar-refractivity contribution is 7.80.